The van der Waals surface area contributed by atoms with E-state index < -0.39 is 10.0 Å². The average molecular weight is 263 g/mol. The molecule has 0 saturated heterocycles. The standard InChI is InChI=1S/C13H29NO2S/c1-11(2,3)13(6,7)9-12(4,5)10-14-17(8,15)16/h14H,9-10H2,1-8H3. The largest absolute Gasteiger partial charge is 0.215 e. The summed E-state index contributed by atoms with van der Waals surface area (Å²) in [5, 5.41) is 0. The molecule has 0 aromatic carbocycles. The predicted octanol–water partition coefficient (Wildman–Crippen LogP) is 3.02. The molecule has 0 aliphatic rings. The minimum Gasteiger partial charge on any atom is -0.215 e. The van der Waals surface area contributed by atoms with Gasteiger partial charge in [-0.1, -0.05) is 48.5 Å². The quantitative estimate of drug-likeness (QED) is 0.828. The molecule has 0 aromatic rings. The summed E-state index contributed by atoms with van der Waals surface area (Å²) in [5.74, 6) is 0. The van der Waals surface area contributed by atoms with E-state index in [2.05, 4.69) is 53.2 Å². The van der Waals surface area contributed by atoms with Crippen molar-refractivity contribution in [3.05, 3.63) is 0 Å². The van der Waals surface area contributed by atoms with E-state index in [1.54, 1.807) is 0 Å². The van der Waals surface area contributed by atoms with Crippen molar-refractivity contribution in [2.45, 2.75) is 54.9 Å². The highest BCUT2D eigenvalue weighted by Gasteiger charge is 2.37. The molecule has 0 unspecified atom stereocenters. The highest BCUT2D eigenvalue weighted by Crippen LogP contribution is 2.45. The van der Waals surface area contributed by atoms with Crippen LogP contribution in [0, 0.1) is 16.2 Å². The van der Waals surface area contributed by atoms with Gasteiger partial charge in [0.15, 0.2) is 0 Å². The minimum atomic E-state index is -3.10. The lowest BCUT2D eigenvalue weighted by atomic mass is 9.62. The van der Waals surface area contributed by atoms with E-state index in [0.717, 1.165) is 6.42 Å². The van der Waals surface area contributed by atoms with Crippen molar-refractivity contribution in [3.63, 3.8) is 0 Å². The maximum absolute atomic E-state index is 11.1. The molecule has 0 aliphatic heterocycles. The van der Waals surface area contributed by atoms with Crippen LogP contribution >= 0.6 is 0 Å². The van der Waals surface area contributed by atoms with Gasteiger partial charge in [-0.3, -0.25) is 0 Å². The van der Waals surface area contributed by atoms with Crippen LogP contribution in [0.4, 0.5) is 0 Å². The van der Waals surface area contributed by atoms with Gasteiger partial charge >= 0.3 is 0 Å². The molecule has 0 amide bonds. The van der Waals surface area contributed by atoms with Gasteiger partial charge in [-0.15, -0.1) is 0 Å². The van der Waals surface area contributed by atoms with Crippen LogP contribution < -0.4 is 4.72 Å². The summed E-state index contributed by atoms with van der Waals surface area (Å²) in [4.78, 5) is 0. The molecule has 3 nitrogen and oxygen atoms in total. The molecular weight excluding hydrogens is 234 g/mol. The monoisotopic (exact) mass is 263 g/mol. The molecule has 104 valence electrons. The molecule has 0 aliphatic carbocycles. The van der Waals surface area contributed by atoms with E-state index in [0.29, 0.717) is 6.54 Å². The molecule has 0 atom stereocenters. The molecule has 4 heteroatoms. The second kappa shape index (κ2) is 4.88. The minimum absolute atomic E-state index is 0.0418. The molecule has 0 fully saturated rings. The summed E-state index contributed by atoms with van der Waals surface area (Å²) in [6, 6.07) is 0. The molecule has 0 saturated carbocycles. The molecule has 0 rings (SSSR count). The van der Waals surface area contributed by atoms with Crippen LogP contribution in [0.25, 0.3) is 0 Å². The zero-order valence-corrected chi connectivity index (χ0v) is 13.5. The van der Waals surface area contributed by atoms with Crippen LogP contribution in [0.15, 0.2) is 0 Å². The van der Waals surface area contributed by atoms with E-state index in [4.69, 9.17) is 0 Å². The van der Waals surface area contributed by atoms with E-state index in [1.807, 2.05) is 0 Å². The summed E-state index contributed by atoms with van der Waals surface area (Å²) in [6.45, 7) is 15.9. The van der Waals surface area contributed by atoms with Crippen LogP contribution in [0.5, 0.6) is 0 Å². The van der Waals surface area contributed by atoms with E-state index >= 15 is 0 Å². The van der Waals surface area contributed by atoms with Crippen molar-refractivity contribution < 1.29 is 8.42 Å². The Morgan fingerprint density at radius 1 is 0.941 bits per heavy atom. The molecular formula is C13H29NO2S. The van der Waals surface area contributed by atoms with Crippen LogP contribution in [-0.4, -0.2) is 21.2 Å². The molecule has 17 heavy (non-hydrogen) atoms. The molecule has 0 spiro atoms. The van der Waals surface area contributed by atoms with Crippen LogP contribution in [-0.2, 0) is 10.0 Å². The number of sulfonamides is 1. The van der Waals surface area contributed by atoms with Crippen LogP contribution in [0.3, 0.4) is 0 Å². The Morgan fingerprint density at radius 3 is 1.65 bits per heavy atom. The lowest BCUT2D eigenvalue weighted by molar-refractivity contribution is 0.0691. The normalized spacial score (nSPS) is 15.1. The van der Waals surface area contributed by atoms with Gasteiger partial charge in [0.05, 0.1) is 6.26 Å². The van der Waals surface area contributed by atoms with Gasteiger partial charge in [-0.05, 0) is 22.7 Å². The maximum Gasteiger partial charge on any atom is 0.208 e. The Hall–Kier alpha value is -0.0900. The predicted molar refractivity (Wildman–Crippen MR) is 74.5 cm³/mol. The highest BCUT2D eigenvalue weighted by atomic mass is 32.2. The van der Waals surface area contributed by atoms with Gasteiger partial charge in [-0.2, -0.15) is 0 Å². The van der Waals surface area contributed by atoms with Gasteiger partial charge in [0.1, 0.15) is 0 Å². The fraction of sp³-hybridized carbons (Fsp3) is 1.00. The highest BCUT2D eigenvalue weighted by molar-refractivity contribution is 7.88. The maximum atomic E-state index is 11.1. The van der Waals surface area contributed by atoms with Crippen molar-refractivity contribution in [1.29, 1.82) is 0 Å². The van der Waals surface area contributed by atoms with Gasteiger partial charge in [0.2, 0.25) is 10.0 Å². The fourth-order valence-electron chi connectivity index (χ4n) is 1.85. The first kappa shape index (κ1) is 16.9. The fourth-order valence-corrected chi connectivity index (χ4v) is 2.50. The van der Waals surface area contributed by atoms with E-state index in [-0.39, 0.29) is 16.2 Å². The first-order chi connectivity index (χ1) is 7.16. The third kappa shape index (κ3) is 6.41. The van der Waals surface area contributed by atoms with Gasteiger partial charge < -0.3 is 0 Å². The van der Waals surface area contributed by atoms with Crippen molar-refractivity contribution in [2.24, 2.45) is 16.2 Å². The first-order valence-corrected chi connectivity index (χ1v) is 8.00. The van der Waals surface area contributed by atoms with Crippen molar-refractivity contribution in [3.8, 4) is 0 Å². The summed E-state index contributed by atoms with van der Waals surface area (Å²) in [5.41, 5.74) is 0.324. The zero-order valence-electron chi connectivity index (χ0n) is 12.6. The zero-order chi connectivity index (χ0) is 14.1. The van der Waals surface area contributed by atoms with Crippen molar-refractivity contribution >= 4 is 10.0 Å². The van der Waals surface area contributed by atoms with E-state index in [1.165, 1.54) is 6.26 Å². The Bertz CT molecular complexity index is 348. The molecule has 0 heterocycles. The van der Waals surface area contributed by atoms with Crippen molar-refractivity contribution in [2.75, 3.05) is 12.8 Å². The second-order valence-corrected chi connectivity index (χ2v) is 9.40. The number of nitrogens with one attached hydrogen (secondary N) is 1. The summed E-state index contributed by atoms with van der Waals surface area (Å²) in [6.07, 6.45) is 2.18. The van der Waals surface area contributed by atoms with Crippen LogP contribution in [0.1, 0.15) is 54.9 Å². The number of hydrogen-bond donors (Lipinski definition) is 1. The first-order valence-electron chi connectivity index (χ1n) is 6.11. The Morgan fingerprint density at radius 2 is 1.35 bits per heavy atom. The van der Waals surface area contributed by atoms with Gasteiger partial charge in [-0.25, -0.2) is 13.1 Å². The van der Waals surface area contributed by atoms with Gasteiger partial charge in [0, 0.05) is 6.54 Å². The third-order valence-corrected chi connectivity index (χ3v) is 4.43. The van der Waals surface area contributed by atoms with Crippen LogP contribution in [0.2, 0.25) is 0 Å². The summed E-state index contributed by atoms with van der Waals surface area (Å²) < 4.78 is 24.9. The second-order valence-electron chi connectivity index (χ2n) is 7.57. The SMILES string of the molecule is CC(C)(CNS(C)(=O)=O)CC(C)(C)C(C)(C)C. The molecule has 0 radical (unpaired) electrons. The topological polar surface area (TPSA) is 46.2 Å². The smallest absolute Gasteiger partial charge is 0.208 e. The Balaban J connectivity index is 4.66. The summed E-state index contributed by atoms with van der Waals surface area (Å²) in [7, 11) is -3.10. The van der Waals surface area contributed by atoms with Gasteiger partial charge in [0.25, 0.3) is 0 Å². The third-order valence-electron chi connectivity index (χ3n) is 3.76. The van der Waals surface area contributed by atoms with E-state index in [9.17, 15) is 8.42 Å². The number of hydrogen-bond acceptors (Lipinski definition) is 2. The molecule has 0 aromatic heterocycles. The molecule has 0 bridgehead atoms. The Kier molecular flexibility index (Phi) is 4.86. The number of rotatable bonds is 5. The molecule has 1 N–H and O–H groups in total. The summed E-state index contributed by atoms with van der Waals surface area (Å²) >= 11 is 0. The Labute approximate surface area is 107 Å². The average Bonchev–Trinajstić information content (AvgIpc) is 1.95. The lowest BCUT2D eigenvalue weighted by Crippen LogP contribution is -2.40. The lowest BCUT2D eigenvalue weighted by Gasteiger charge is -2.44. The van der Waals surface area contributed by atoms with Crippen molar-refractivity contribution in [1.82, 2.24) is 4.72 Å².